The second-order valence-electron chi connectivity index (χ2n) is 5.41. The zero-order valence-corrected chi connectivity index (χ0v) is 17.6. The van der Waals surface area contributed by atoms with Gasteiger partial charge in [-0.15, -0.1) is 24.0 Å². The van der Waals surface area contributed by atoms with Crippen LogP contribution in [0.15, 0.2) is 4.99 Å². The summed E-state index contributed by atoms with van der Waals surface area (Å²) < 4.78 is 25.4. The Morgan fingerprint density at radius 1 is 1.32 bits per heavy atom. The lowest BCUT2D eigenvalue weighted by Gasteiger charge is -2.24. The normalized spacial score (nSPS) is 22.2. The molecule has 1 aliphatic rings. The quantitative estimate of drug-likeness (QED) is 0.219. The minimum absolute atomic E-state index is 0. The summed E-state index contributed by atoms with van der Waals surface area (Å²) in [4.78, 5) is 4.19. The maximum Gasteiger partial charge on any atom is 0.211 e. The third-order valence-corrected chi connectivity index (χ3v) is 6.44. The number of halogens is 1. The van der Waals surface area contributed by atoms with Crippen molar-refractivity contribution in [3.8, 4) is 0 Å². The summed E-state index contributed by atoms with van der Waals surface area (Å²) in [6, 6.07) is 0. The fourth-order valence-electron chi connectivity index (χ4n) is 2.09. The maximum absolute atomic E-state index is 11.3. The third kappa shape index (κ3) is 8.78. The van der Waals surface area contributed by atoms with Crippen LogP contribution >= 0.6 is 35.7 Å². The molecule has 1 unspecified atom stereocenters. The lowest BCUT2D eigenvalue weighted by Crippen LogP contribution is -2.44. The van der Waals surface area contributed by atoms with Gasteiger partial charge in [-0.2, -0.15) is 11.8 Å². The van der Waals surface area contributed by atoms with Crippen LogP contribution < -0.4 is 15.4 Å². The fourth-order valence-corrected chi connectivity index (χ4v) is 4.00. The highest BCUT2D eigenvalue weighted by molar-refractivity contribution is 14.0. The van der Waals surface area contributed by atoms with Crippen LogP contribution in [0.3, 0.4) is 0 Å². The molecule has 132 valence electrons. The Morgan fingerprint density at radius 2 is 2.05 bits per heavy atom. The number of guanidine groups is 1. The van der Waals surface area contributed by atoms with E-state index < -0.39 is 10.0 Å². The predicted octanol–water partition coefficient (Wildman–Crippen LogP) is 1.38. The van der Waals surface area contributed by atoms with Crippen molar-refractivity contribution >= 4 is 51.7 Å². The summed E-state index contributed by atoms with van der Waals surface area (Å²) in [7, 11) is -1.33. The summed E-state index contributed by atoms with van der Waals surface area (Å²) in [6.45, 7) is 5.96. The molecule has 0 aliphatic carbocycles. The molecule has 1 fully saturated rings. The average Bonchev–Trinajstić information content (AvgIpc) is 2.89. The molecular weight excluding hydrogens is 435 g/mol. The van der Waals surface area contributed by atoms with E-state index in [-0.39, 0.29) is 29.7 Å². The van der Waals surface area contributed by atoms with Gasteiger partial charge in [0.2, 0.25) is 10.0 Å². The molecule has 9 heteroatoms. The highest BCUT2D eigenvalue weighted by Crippen LogP contribution is 2.36. The van der Waals surface area contributed by atoms with E-state index in [1.807, 2.05) is 11.8 Å². The van der Waals surface area contributed by atoms with Crippen LogP contribution in [0.2, 0.25) is 0 Å². The van der Waals surface area contributed by atoms with Gasteiger partial charge in [0.05, 0.1) is 5.75 Å². The number of hydrogen-bond acceptors (Lipinski definition) is 4. The lowest BCUT2D eigenvalue weighted by atomic mass is 10.1. The van der Waals surface area contributed by atoms with Gasteiger partial charge in [0.1, 0.15) is 0 Å². The van der Waals surface area contributed by atoms with Crippen LogP contribution in [-0.2, 0) is 10.0 Å². The van der Waals surface area contributed by atoms with Crippen LogP contribution in [0, 0.1) is 0 Å². The van der Waals surface area contributed by atoms with E-state index in [0.717, 1.165) is 18.9 Å². The van der Waals surface area contributed by atoms with Crippen molar-refractivity contribution in [1.29, 1.82) is 0 Å². The molecule has 0 bridgehead atoms. The summed E-state index contributed by atoms with van der Waals surface area (Å²) in [5.41, 5.74) is 0. The van der Waals surface area contributed by atoms with E-state index in [1.54, 1.807) is 14.0 Å². The molecule has 1 atom stereocenters. The first kappa shape index (κ1) is 22.3. The van der Waals surface area contributed by atoms with E-state index in [1.165, 1.54) is 18.6 Å². The van der Waals surface area contributed by atoms with Crippen molar-refractivity contribution in [2.75, 3.05) is 38.2 Å². The molecule has 0 radical (unpaired) electrons. The average molecular weight is 464 g/mol. The fraction of sp³-hybridized carbons (Fsp3) is 0.923. The largest absolute Gasteiger partial charge is 0.356 e. The molecule has 0 aromatic heterocycles. The standard InChI is InChI=1S/C13H28N4O2S2.HI/c1-4-21(18,19)17-9-6-8-15-12(14-3)16-11-13(2)7-5-10-20-13;/h17H,4-11H2,1-3H3,(H2,14,15,16);1H. The SMILES string of the molecule is CCS(=O)(=O)NCCCNC(=NC)NCC1(C)CCCS1.I. The number of sulfonamides is 1. The van der Waals surface area contributed by atoms with Gasteiger partial charge in [0.15, 0.2) is 5.96 Å². The van der Waals surface area contributed by atoms with Gasteiger partial charge in [-0.05, 0) is 38.9 Å². The molecule has 1 rings (SSSR count). The Hall–Kier alpha value is 0.260. The Balaban J connectivity index is 0.00000441. The van der Waals surface area contributed by atoms with E-state index in [0.29, 0.717) is 17.8 Å². The van der Waals surface area contributed by atoms with Gasteiger partial charge >= 0.3 is 0 Å². The Kier molecular flexibility index (Phi) is 11.1. The molecule has 0 aromatic carbocycles. The summed E-state index contributed by atoms with van der Waals surface area (Å²) in [5.74, 6) is 2.14. The van der Waals surface area contributed by atoms with Crippen LogP contribution in [0.5, 0.6) is 0 Å². The molecule has 22 heavy (non-hydrogen) atoms. The predicted molar refractivity (Wildman–Crippen MR) is 107 cm³/mol. The van der Waals surface area contributed by atoms with Gasteiger partial charge in [-0.3, -0.25) is 4.99 Å². The maximum atomic E-state index is 11.3. The first-order valence-electron chi connectivity index (χ1n) is 7.46. The number of nitrogens with one attached hydrogen (secondary N) is 3. The Labute approximate surface area is 156 Å². The summed E-state index contributed by atoms with van der Waals surface area (Å²) >= 11 is 2.01. The number of nitrogens with zero attached hydrogens (tertiary/aromatic N) is 1. The van der Waals surface area contributed by atoms with Gasteiger partial charge in [-0.1, -0.05) is 0 Å². The molecule has 0 saturated carbocycles. The number of rotatable bonds is 8. The second kappa shape index (κ2) is 10.9. The number of hydrogen-bond donors (Lipinski definition) is 3. The molecule has 3 N–H and O–H groups in total. The van der Waals surface area contributed by atoms with Crippen LogP contribution in [0.25, 0.3) is 0 Å². The first-order chi connectivity index (χ1) is 9.91. The van der Waals surface area contributed by atoms with E-state index >= 15 is 0 Å². The lowest BCUT2D eigenvalue weighted by molar-refractivity contribution is 0.576. The molecule has 6 nitrogen and oxygen atoms in total. The highest BCUT2D eigenvalue weighted by atomic mass is 127. The van der Waals surface area contributed by atoms with Crippen molar-refractivity contribution in [1.82, 2.24) is 15.4 Å². The van der Waals surface area contributed by atoms with Gasteiger partial charge in [-0.25, -0.2) is 13.1 Å². The van der Waals surface area contributed by atoms with Crippen molar-refractivity contribution < 1.29 is 8.42 Å². The van der Waals surface area contributed by atoms with Crippen LogP contribution in [-0.4, -0.2) is 57.3 Å². The van der Waals surface area contributed by atoms with Crippen LogP contribution in [0.1, 0.15) is 33.1 Å². The van der Waals surface area contributed by atoms with E-state index in [2.05, 4.69) is 27.3 Å². The summed E-state index contributed by atoms with van der Waals surface area (Å²) in [5, 5.41) is 6.56. The van der Waals surface area contributed by atoms with E-state index in [9.17, 15) is 8.42 Å². The van der Waals surface area contributed by atoms with Crippen molar-refractivity contribution in [2.45, 2.75) is 37.9 Å². The second-order valence-corrected chi connectivity index (χ2v) is 9.18. The molecule has 0 aromatic rings. The monoisotopic (exact) mass is 464 g/mol. The van der Waals surface area contributed by atoms with Crippen molar-refractivity contribution in [3.05, 3.63) is 0 Å². The molecule has 1 saturated heterocycles. The van der Waals surface area contributed by atoms with Crippen LogP contribution in [0.4, 0.5) is 0 Å². The summed E-state index contributed by atoms with van der Waals surface area (Å²) in [6.07, 6.45) is 3.25. The molecular formula is C13H29IN4O2S2. The zero-order valence-electron chi connectivity index (χ0n) is 13.6. The number of aliphatic imine (C=N–C) groups is 1. The van der Waals surface area contributed by atoms with E-state index in [4.69, 9.17) is 0 Å². The molecule has 0 amide bonds. The first-order valence-corrected chi connectivity index (χ1v) is 10.1. The minimum Gasteiger partial charge on any atom is -0.356 e. The Bertz CT molecular complexity index is 437. The third-order valence-electron chi connectivity index (χ3n) is 3.50. The molecule has 1 aliphatic heterocycles. The van der Waals surface area contributed by atoms with Gasteiger partial charge < -0.3 is 10.6 Å². The highest BCUT2D eigenvalue weighted by Gasteiger charge is 2.29. The van der Waals surface area contributed by atoms with Gasteiger partial charge in [0.25, 0.3) is 0 Å². The topological polar surface area (TPSA) is 82.6 Å². The Morgan fingerprint density at radius 3 is 2.59 bits per heavy atom. The van der Waals surface area contributed by atoms with Crippen molar-refractivity contribution in [2.24, 2.45) is 4.99 Å². The minimum atomic E-state index is -3.08. The molecule has 0 spiro atoms. The smallest absolute Gasteiger partial charge is 0.211 e. The van der Waals surface area contributed by atoms with Gasteiger partial charge in [0, 0.05) is 31.4 Å². The zero-order chi connectivity index (χ0) is 15.8. The molecule has 1 heterocycles. The number of thioether (sulfide) groups is 1. The van der Waals surface area contributed by atoms with Crippen molar-refractivity contribution in [3.63, 3.8) is 0 Å².